The van der Waals surface area contributed by atoms with Gasteiger partial charge in [-0.2, -0.15) is 5.10 Å². The van der Waals surface area contributed by atoms with Gasteiger partial charge in [0.2, 0.25) is 0 Å². The van der Waals surface area contributed by atoms with Gasteiger partial charge >= 0.3 is 0 Å². The molecule has 3 aromatic rings. The van der Waals surface area contributed by atoms with Crippen molar-refractivity contribution in [3.05, 3.63) is 67.0 Å². The fourth-order valence-electron chi connectivity index (χ4n) is 3.65. The molecule has 2 aromatic carbocycles. The van der Waals surface area contributed by atoms with Crippen LogP contribution in [-0.4, -0.2) is 31.4 Å². The number of benzene rings is 2. The SMILES string of the molecule is Cc1nn(C)c(C)c1N1C(=O)c2cc([N+](=O)[O-])cc3cc([N+](=O)[O-])cc(c23)C1=O. The van der Waals surface area contributed by atoms with Gasteiger partial charge in [0.15, 0.2) is 0 Å². The molecule has 0 aliphatic carbocycles. The molecule has 1 aromatic heterocycles. The Balaban J connectivity index is 2.10. The summed E-state index contributed by atoms with van der Waals surface area (Å²) in [5.41, 5.74) is 0.242. The Morgan fingerprint density at radius 3 is 1.76 bits per heavy atom. The van der Waals surface area contributed by atoms with Gasteiger partial charge in [-0.3, -0.25) is 34.5 Å². The molecule has 146 valence electrons. The normalized spacial score (nSPS) is 13.3. The van der Waals surface area contributed by atoms with Gasteiger partial charge in [0.05, 0.1) is 38.0 Å². The molecule has 11 heteroatoms. The number of aromatic nitrogens is 2. The molecule has 0 radical (unpaired) electrons. The lowest BCUT2D eigenvalue weighted by Gasteiger charge is -2.27. The van der Waals surface area contributed by atoms with Crippen LogP contribution in [0.1, 0.15) is 32.1 Å². The minimum absolute atomic E-state index is 0.0682. The molecule has 0 saturated heterocycles. The molecule has 0 unspecified atom stereocenters. The van der Waals surface area contributed by atoms with Gasteiger partial charge in [-0.05, 0) is 19.2 Å². The fraction of sp³-hybridized carbons (Fsp3) is 0.167. The zero-order valence-corrected chi connectivity index (χ0v) is 15.5. The number of carbonyl (C=O) groups excluding carboxylic acids is 2. The largest absolute Gasteiger partial charge is 0.270 e. The number of nitrogens with zero attached hydrogens (tertiary/aromatic N) is 5. The summed E-state index contributed by atoms with van der Waals surface area (Å²) in [4.78, 5) is 48.6. The second kappa shape index (κ2) is 5.92. The molecule has 2 amide bonds. The number of amides is 2. The highest BCUT2D eigenvalue weighted by Gasteiger charge is 2.39. The van der Waals surface area contributed by atoms with Gasteiger partial charge in [-0.15, -0.1) is 0 Å². The Hall–Kier alpha value is -4.15. The van der Waals surface area contributed by atoms with Gasteiger partial charge < -0.3 is 0 Å². The zero-order chi connectivity index (χ0) is 21.2. The average Bonchev–Trinajstić information content (AvgIpc) is 2.91. The van der Waals surface area contributed by atoms with E-state index in [1.165, 1.54) is 4.68 Å². The van der Waals surface area contributed by atoms with Crippen LogP contribution in [0.25, 0.3) is 10.8 Å². The second-order valence-electron chi connectivity index (χ2n) is 6.69. The number of carbonyl (C=O) groups is 2. The van der Waals surface area contributed by atoms with Gasteiger partial charge in [-0.1, -0.05) is 0 Å². The van der Waals surface area contributed by atoms with E-state index in [-0.39, 0.29) is 27.6 Å². The molecule has 0 bridgehead atoms. The van der Waals surface area contributed by atoms with Gasteiger partial charge in [0, 0.05) is 36.7 Å². The van der Waals surface area contributed by atoms with E-state index in [0.29, 0.717) is 11.4 Å². The quantitative estimate of drug-likeness (QED) is 0.377. The average molecular weight is 395 g/mol. The second-order valence-corrected chi connectivity index (χ2v) is 6.69. The summed E-state index contributed by atoms with van der Waals surface area (Å²) in [7, 11) is 1.65. The van der Waals surface area contributed by atoms with Crippen molar-refractivity contribution in [3.8, 4) is 0 Å². The predicted molar refractivity (Wildman–Crippen MR) is 101 cm³/mol. The Morgan fingerprint density at radius 2 is 1.38 bits per heavy atom. The third-order valence-corrected chi connectivity index (χ3v) is 5.00. The van der Waals surface area contributed by atoms with Crippen molar-refractivity contribution < 1.29 is 19.4 Å². The van der Waals surface area contributed by atoms with Crippen molar-refractivity contribution in [1.82, 2.24) is 9.78 Å². The van der Waals surface area contributed by atoms with Crippen LogP contribution in [0.15, 0.2) is 24.3 Å². The van der Waals surface area contributed by atoms with Crippen LogP contribution in [0.3, 0.4) is 0 Å². The third kappa shape index (κ3) is 2.47. The summed E-state index contributed by atoms with van der Waals surface area (Å²) in [6, 6.07) is 4.40. The van der Waals surface area contributed by atoms with Crippen LogP contribution in [0, 0.1) is 34.1 Å². The third-order valence-electron chi connectivity index (χ3n) is 5.00. The first kappa shape index (κ1) is 18.2. The number of non-ortho nitro benzene ring substituents is 2. The Morgan fingerprint density at radius 1 is 0.897 bits per heavy atom. The van der Waals surface area contributed by atoms with Gasteiger partial charge in [0.25, 0.3) is 23.2 Å². The van der Waals surface area contributed by atoms with Crippen molar-refractivity contribution in [3.63, 3.8) is 0 Å². The molecule has 11 nitrogen and oxygen atoms in total. The van der Waals surface area contributed by atoms with Crippen LogP contribution in [0.2, 0.25) is 0 Å². The fourth-order valence-corrected chi connectivity index (χ4v) is 3.65. The summed E-state index contributed by atoms with van der Waals surface area (Å²) in [5, 5.41) is 27.1. The van der Waals surface area contributed by atoms with Gasteiger partial charge in [-0.25, -0.2) is 4.90 Å². The number of nitro groups is 2. The minimum Gasteiger partial charge on any atom is -0.270 e. The van der Waals surface area contributed by atoms with E-state index in [4.69, 9.17) is 0 Å². The molecule has 0 atom stereocenters. The Labute approximate surface area is 162 Å². The highest BCUT2D eigenvalue weighted by atomic mass is 16.6. The molecule has 1 aliphatic rings. The lowest BCUT2D eigenvalue weighted by Crippen LogP contribution is -2.41. The van der Waals surface area contributed by atoms with Crippen LogP contribution in [0.5, 0.6) is 0 Å². The first-order valence-corrected chi connectivity index (χ1v) is 8.41. The van der Waals surface area contributed by atoms with Crippen LogP contribution in [-0.2, 0) is 7.05 Å². The molecule has 29 heavy (non-hydrogen) atoms. The summed E-state index contributed by atoms with van der Waals surface area (Å²) in [5.74, 6) is -1.49. The van der Waals surface area contributed by atoms with E-state index < -0.39 is 33.0 Å². The van der Waals surface area contributed by atoms with Crippen molar-refractivity contribution in [1.29, 1.82) is 0 Å². The number of aryl methyl sites for hydroxylation is 2. The first-order valence-electron chi connectivity index (χ1n) is 8.41. The Kier molecular flexibility index (Phi) is 3.72. The highest BCUT2D eigenvalue weighted by molar-refractivity contribution is 6.36. The molecule has 0 fully saturated rings. The predicted octanol–water partition coefficient (Wildman–Crippen LogP) is 2.81. The van der Waals surface area contributed by atoms with E-state index in [9.17, 15) is 29.8 Å². The van der Waals surface area contributed by atoms with Crippen LogP contribution < -0.4 is 4.90 Å². The number of rotatable bonds is 3. The molecule has 4 rings (SSSR count). The summed E-state index contributed by atoms with van der Waals surface area (Å²) in [6.45, 7) is 3.29. The van der Waals surface area contributed by atoms with Crippen molar-refractivity contribution in [2.75, 3.05) is 4.90 Å². The molecule has 0 saturated carbocycles. The van der Waals surface area contributed by atoms with Gasteiger partial charge in [0.1, 0.15) is 0 Å². The van der Waals surface area contributed by atoms with Crippen LogP contribution in [0.4, 0.5) is 17.1 Å². The minimum atomic E-state index is -0.746. The standard InChI is InChI=1S/C18H13N5O6/c1-8-16(9(2)20(3)19-8)21-17(24)13-6-11(22(26)27)4-10-5-12(23(28)29)7-14(15(10)13)18(21)25/h4-7H,1-3H3. The first-order chi connectivity index (χ1) is 13.6. The maximum Gasteiger partial charge on any atom is 0.270 e. The zero-order valence-electron chi connectivity index (χ0n) is 15.5. The molecule has 0 spiro atoms. The topological polar surface area (TPSA) is 141 Å². The number of hydrogen-bond acceptors (Lipinski definition) is 7. The molecular weight excluding hydrogens is 382 g/mol. The lowest BCUT2D eigenvalue weighted by atomic mass is 9.92. The lowest BCUT2D eigenvalue weighted by molar-refractivity contribution is -0.385. The smallest absolute Gasteiger partial charge is 0.270 e. The number of hydrogen-bond donors (Lipinski definition) is 0. The van der Waals surface area contributed by atoms with Crippen molar-refractivity contribution >= 4 is 39.6 Å². The number of imide groups is 1. The number of nitro benzene ring substituents is 2. The van der Waals surface area contributed by atoms with Crippen LogP contribution >= 0.6 is 0 Å². The summed E-state index contributed by atoms with van der Waals surface area (Å²) >= 11 is 0. The van der Waals surface area contributed by atoms with Crippen molar-refractivity contribution in [2.45, 2.75) is 13.8 Å². The maximum absolute atomic E-state index is 13.2. The van der Waals surface area contributed by atoms with E-state index in [0.717, 1.165) is 29.2 Å². The summed E-state index contributed by atoms with van der Waals surface area (Å²) < 4.78 is 1.50. The number of anilines is 1. The molecule has 1 aliphatic heterocycles. The molecular formula is C18H13N5O6. The van der Waals surface area contributed by atoms with E-state index in [1.807, 2.05) is 0 Å². The monoisotopic (exact) mass is 395 g/mol. The summed E-state index contributed by atoms with van der Waals surface area (Å²) in [6.07, 6.45) is 0. The highest BCUT2D eigenvalue weighted by Crippen LogP contribution is 2.39. The van der Waals surface area contributed by atoms with Crippen molar-refractivity contribution in [2.24, 2.45) is 7.05 Å². The van der Waals surface area contributed by atoms with E-state index in [1.54, 1.807) is 20.9 Å². The van der Waals surface area contributed by atoms with E-state index >= 15 is 0 Å². The molecule has 2 heterocycles. The Bertz CT molecular complexity index is 1220. The molecule has 0 N–H and O–H groups in total. The maximum atomic E-state index is 13.2. The van der Waals surface area contributed by atoms with E-state index in [2.05, 4.69) is 5.10 Å².